The van der Waals surface area contributed by atoms with Crippen LogP contribution in [0.4, 0.5) is 0 Å². The number of methoxy groups -OCH3 is 1. The van der Waals surface area contributed by atoms with Gasteiger partial charge in [-0.15, -0.1) is 0 Å². The largest absolute Gasteiger partial charge is 0.468 e. The number of ether oxygens (including phenoxy) is 1. The molecule has 1 saturated carbocycles. The Labute approximate surface area is 91.5 Å². The van der Waals surface area contributed by atoms with E-state index in [4.69, 9.17) is 5.73 Å². The van der Waals surface area contributed by atoms with E-state index in [9.17, 15) is 4.79 Å². The zero-order valence-corrected chi connectivity index (χ0v) is 9.88. The smallest absolute Gasteiger partial charge is 0.324 e. The number of carbonyl (C=O) groups excluding carboxylic acids is 1. The number of esters is 1. The first kappa shape index (κ1) is 12.5. The fourth-order valence-corrected chi connectivity index (χ4v) is 2.24. The maximum Gasteiger partial charge on any atom is 0.324 e. The number of hydrogen-bond acceptors (Lipinski definition) is 4. The molecule has 1 rings (SSSR count). The number of carbonyl (C=O) groups is 1. The molecule has 0 saturated heterocycles. The van der Waals surface area contributed by atoms with Crippen molar-refractivity contribution < 1.29 is 9.53 Å². The third kappa shape index (κ3) is 3.47. The van der Waals surface area contributed by atoms with Crippen molar-refractivity contribution in [3.8, 4) is 0 Å². The van der Waals surface area contributed by atoms with E-state index in [1.54, 1.807) is 0 Å². The predicted molar refractivity (Wildman–Crippen MR) is 59.4 cm³/mol. The molecule has 1 fully saturated rings. The topological polar surface area (TPSA) is 64.3 Å². The van der Waals surface area contributed by atoms with Gasteiger partial charge in [0.05, 0.1) is 7.11 Å². The van der Waals surface area contributed by atoms with Crippen LogP contribution < -0.4 is 11.1 Å². The van der Waals surface area contributed by atoms with Crippen LogP contribution in [0.2, 0.25) is 0 Å². The van der Waals surface area contributed by atoms with E-state index in [0.29, 0.717) is 18.0 Å². The summed E-state index contributed by atoms with van der Waals surface area (Å²) in [4.78, 5) is 11.3. The molecule has 15 heavy (non-hydrogen) atoms. The minimum absolute atomic E-state index is 0.262. The summed E-state index contributed by atoms with van der Waals surface area (Å²) >= 11 is 0. The molecule has 4 nitrogen and oxygen atoms in total. The molecule has 0 aromatic heterocycles. The number of nitrogens with two attached hydrogens (primary N) is 1. The highest BCUT2D eigenvalue weighted by Gasteiger charge is 2.33. The standard InChI is InChI=1S/C11H22N2O2/c1-11(2)5-4-8(6-11)13-9(7-12)10(14)15-3/h8-9,13H,4-7,12H2,1-3H3. The Hall–Kier alpha value is -0.610. The van der Waals surface area contributed by atoms with Crippen LogP contribution >= 0.6 is 0 Å². The van der Waals surface area contributed by atoms with Crippen molar-refractivity contribution in [1.82, 2.24) is 5.32 Å². The summed E-state index contributed by atoms with van der Waals surface area (Å²) in [6, 6.07) is 0.0431. The van der Waals surface area contributed by atoms with Gasteiger partial charge in [-0.1, -0.05) is 13.8 Å². The van der Waals surface area contributed by atoms with E-state index >= 15 is 0 Å². The second kappa shape index (κ2) is 4.94. The summed E-state index contributed by atoms with van der Waals surface area (Å²) in [5, 5.41) is 3.27. The van der Waals surface area contributed by atoms with Crippen molar-refractivity contribution in [2.24, 2.45) is 11.1 Å². The summed E-state index contributed by atoms with van der Waals surface area (Å²) in [5.74, 6) is -0.262. The zero-order chi connectivity index (χ0) is 11.5. The Morgan fingerprint density at radius 3 is 2.73 bits per heavy atom. The van der Waals surface area contributed by atoms with Gasteiger partial charge in [-0.25, -0.2) is 0 Å². The van der Waals surface area contributed by atoms with Crippen LogP contribution in [0.15, 0.2) is 0 Å². The molecule has 1 aliphatic rings. The van der Waals surface area contributed by atoms with E-state index in [0.717, 1.165) is 12.8 Å². The molecule has 0 aromatic rings. The van der Waals surface area contributed by atoms with Gasteiger partial charge in [-0.3, -0.25) is 4.79 Å². The third-order valence-electron chi connectivity index (χ3n) is 3.13. The Morgan fingerprint density at radius 2 is 2.33 bits per heavy atom. The van der Waals surface area contributed by atoms with Gasteiger partial charge in [0, 0.05) is 12.6 Å². The first-order valence-electron chi connectivity index (χ1n) is 5.52. The summed E-state index contributed by atoms with van der Waals surface area (Å²) in [5.41, 5.74) is 5.91. The molecule has 4 heteroatoms. The Morgan fingerprint density at radius 1 is 1.67 bits per heavy atom. The fourth-order valence-electron chi connectivity index (χ4n) is 2.24. The molecule has 0 spiro atoms. The Kier molecular flexibility index (Phi) is 4.11. The van der Waals surface area contributed by atoms with Crippen molar-refractivity contribution in [1.29, 1.82) is 0 Å². The SMILES string of the molecule is COC(=O)C(CN)NC1CCC(C)(C)C1. The molecule has 0 amide bonds. The van der Waals surface area contributed by atoms with Gasteiger partial charge < -0.3 is 15.8 Å². The quantitative estimate of drug-likeness (QED) is 0.675. The van der Waals surface area contributed by atoms with Gasteiger partial charge in [0.1, 0.15) is 6.04 Å². The van der Waals surface area contributed by atoms with Crippen molar-refractivity contribution in [2.45, 2.75) is 45.2 Å². The van der Waals surface area contributed by atoms with Crippen molar-refractivity contribution in [3.05, 3.63) is 0 Å². The van der Waals surface area contributed by atoms with E-state index in [-0.39, 0.29) is 12.0 Å². The molecule has 0 heterocycles. The van der Waals surface area contributed by atoms with E-state index < -0.39 is 0 Å². The molecule has 0 radical (unpaired) electrons. The molecule has 0 aliphatic heterocycles. The lowest BCUT2D eigenvalue weighted by molar-refractivity contribution is -0.143. The minimum atomic E-state index is -0.353. The second-order valence-corrected chi connectivity index (χ2v) is 5.08. The highest BCUT2D eigenvalue weighted by molar-refractivity contribution is 5.75. The average Bonchev–Trinajstić information content (AvgIpc) is 2.53. The lowest BCUT2D eigenvalue weighted by Gasteiger charge is -2.21. The normalized spacial score (nSPS) is 26.3. The summed E-state index contributed by atoms with van der Waals surface area (Å²) in [6.07, 6.45) is 3.41. The lowest BCUT2D eigenvalue weighted by Crippen LogP contribution is -2.47. The maximum absolute atomic E-state index is 11.3. The van der Waals surface area contributed by atoms with Gasteiger partial charge in [-0.05, 0) is 24.7 Å². The van der Waals surface area contributed by atoms with Gasteiger partial charge in [0.25, 0.3) is 0 Å². The molecule has 1 aliphatic carbocycles. The van der Waals surface area contributed by atoms with Gasteiger partial charge in [-0.2, -0.15) is 0 Å². The molecular formula is C11H22N2O2. The number of hydrogen-bond donors (Lipinski definition) is 2. The minimum Gasteiger partial charge on any atom is -0.468 e. The fraction of sp³-hybridized carbons (Fsp3) is 0.909. The maximum atomic E-state index is 11.3. The molecule has 0 aromatic carbocycles. The molecular weight excluding hydrogens is 192 g/mol. The highest BCUT2D eigenvalue weighted by atomic mass is 16.5. The van der Waals surface area contributed by atoms with Crippen LogP contribution in [0.25, 0.3) is 0 Å². The number of rotatable bonds is 4. The van der Waals surface area contributed by atoms with E-state index in [1.165, 1.54) is 13.5 Å². The van der Waals surface area contributed by atoms with Crippen LogP contribution in [0.3, 0.4) is 0 Å². The highest BCUT2D eigenvalue weighted by Crippen LogP contribution is 2.36. The van der Waals surface area contributed by atoms with Crippen LogP contribution in [0, 0.1) is 5.41 Å². The number of nitrogens with one attached hydrogen (secondary N) is 1. The molecule has 0 bridgehead atoms. The third-order valence-corrected chi connectivity index (χ3v) is 3.13. The van der Waals surface area contributed by atoms with E-state index in [2.05, 4.69) is 23.9 Å². The molecule has 88 valence electrons. The van der Waals surface area contributed by atoms with Gasteiger partial charge in [0.2, 0.25) is 0 Å². The summed E-state index contributed by atoms with van der Waals surface area (Å²) in [7, 11) is 1.39. The Balaban J connectivity index is 2.43. The predicted octanol–water partition coefficient (Wildman–Crippen LogP) is 0.655. The summed E-state index contributed by atoms with van der Waals surface area (Å²) < 4.78 is 4.68. The molecule has 3 N–H and O–H groups in total. The average molecular weight is 214 g/mol. The first-order valence-corrected chi connectivity index (χ1v) is 5.52. The van der Waals surface area contributed by atoms with Gasteiger partial charge >= 0.3 is 5.97 Å². The second-order valence-electron chi connectivity index (χ2n) is 5.08. The molecule has 2 atom stereocenters. The summed E-state index contributed by atoms with van der Waals surface area (Å²) in [6.45, 7) is 4.80. The zero-order valence-electron chi connectivity index (χ0n) is 9.88. The van der Waals surface area contributed by atoms with E-state index in [1.807, 2.05) is 0 Å². The Bertz CT molecular complexity index is 229. The van der Waals surface area contributed by atoms with Crippen molar-refractivity contribution in [3.63, 3.8) is 0 Å². The van der Waals surface area contributed by atoms with Gasteiger partial charge in [0.15, 0.2) is 0 Å². The van der Waals surface area contributed by atoms with Crippen LogP contribution in [0.5, 0.6) is 0 Å². The van der Waals surface area contributed by atoms with Crippen molar-refractivity contribution >= 4 is 5.97 Å². The van der Waals surface area contributed by atoms with Crippen LogP contribution in [-0.4, -0.2) is 31.7 Å². The van der Waals surface area contributed by atoms with Crippen LogP contribution in [-0.2, 0) is 9.53 Å². The molecule has 2 unspecified atom stereocenters. The monoisotopic (exact) mass is 214 g/mol. The first-order chi connectivity index (χ1) is 6.98. The van der Waals surface area contributed by atoms with Crippen LogP contribution in [0.1, 0.15) is 33.1 Å². The lowest BCUT2D eigenvalue weighted by atomic mass is 9.92. The van der Waals surface area contributed by atoms with Crippen molar-refractivity contribution in [2.75, 3.05) is 13.7 Å².